The molecule has 1 fully saturated rings. The largest absolute Gasteiger partial charge is 0.398 e. The number of rotatable bonds is 1. The summed E-state index contributed by atoms with van der Waals surface area (Å²) in [6.45, 7) is 0.553. The molecule has 102 valence electrons. The van der Waals surface area contributed by atoms with E-state index in [1.54, 1.807) is 18.0 Å². The van der Waals surface area contributed by atoms with Crippen LogP contribution >= 0.6 is 0 Å². The topological polar surface area (TPSA) is 86.8 Å². The monoisotopic (exact) mass is 262 g/mol. The maximum atomic E-state index is 12.1. The highest BCUT2D eigenvalue weighted by Crippen LogP contribution is 2.40. The molecular formula is C14H18N2O3. The Balaban J connectivity index is 2.04. The smallest absolute Gasteiger partial charge is 0.256 e. The lowest BCUT2D eigenvalue weighted by atomic mass is 9.90. The van der Waals surface area contributed by atoms with E-state index < -0.39 is 12.2 Å². The molecule has 0 aromatic heterocycles. The molecule has 1 heterocycles. The molecule has 19 heavy (non-hydrogen) atoms. The highest BCUT2D eigenvalue weighted by Gasteiger charge is 2.37. The molecule has 2 aliphatic rings. The lowest BCUT2D eigenvalue weighted by molar-refractivity contribution is 0.0438. The quantitative estimate of drug-likeness (QED) is 0.641. The number of carbonyl (C=O) groups is 1. The number of aliphatic hydroxyl groups is 2. The lowest BCUT2D eigenvalue weighted by Crippen LogP contribution is -2.18. The summed E-state index contributed by atoms with van der Waals surface area (Å²) in [6, 6.07) is 3.68. The van der Waals surface area contributed by atoms with Crippen LogP contribution < -0.4 is 5.73 Å². The van der Waals surface area contributed by atoms with E-state index in [2.05, 4.69) is 0 Å². The molecule has 2 atom stereocenters. The molecule has 5 nitrogen and oxygen atoms in total. The highest BCUT2D eigenvalue weighted by molar-refractivity contribution is 6.03. The van der Waals surface area contributed by atoms with Crippen molar-refractivity contribution in [1.82, 2.24) is 4.90 Å². The van der Waals surface area contributed by atoms with Gasteiger partial charge in [0.25, 0.3) is 5.91 Å². The van der Waals surface area contributed by atoms with Crippen LogP contribution in [0.3, 0.4) is 0 Å². The molecule has 1 aromatic rings. The van der Waals surface area contributed by atoms with Gasteiger partial charge in [0, 0.05) is 19.3 Å². The van der Waals surface area contributed by atoms with Crippen LogP contribution in [0, 0.1) is 0 Å². The minimum atomic E-state index is -0.673. The molecule has 4 N–H and O–H groups in total. The molecule has 2 unspecified atom stereocenters. The number of aliphatic hydroxyl groups excluding tert-OH is 2. The SMILES string of the molecule is CN1Cc2c(C3CC(O)C(O)C3)ccc(N)c2C1=O. The van der Waals surface area contributed by atoms with Crippen LogP contribution in [-0.4, -0.2) is 40.3 Å². The third-order valence-corrected chi connectivity index (χ3v) is 4.27. The fourth-order valence-corrected chi connectivity index (χ4v) is 3.23. The van der Waals surface area contributed by atoms with Gasteiger partial charge in [-0.1, -0.05) is 6.07 Å². The number of carbonyl (C=O) groups excluding carboxylic acids is 1. The normalized spacial score (nSPS) is 29.9. The summed E-state index contributed by atoms with van der Waals surface area (Å²) in [5.41, 5.74) is 9.00. The summed E-state index contributed by atoms with van der Waals surface area (Å²) in [7, 11) is 1.75. The van der Waals surface area contributed by atoms with Gasteiger partial charge in [-0.25, -0.2) is 0 Å². The zero-order valence-electron chi connectivity index (χ0n) is 10.8. The predicted molar refractivity (Wildman–Crippen MR) is 70.6 cm³/mol. The van der Waals surface area contributed by atoms with Crippen molar-refractivity contribution >= 4 is 11.6 Å². The molecule has 0 radical (unpaired) electrons. The first-order chi connectivity index (χ1) is 8.99. The van der Waals surface area contributed by atoms with Gasteiger partial charge in [0.05, 0.1) is 17.8 Å². The highest BCUT2D eigenvalue weighted by atomic mass is 16.3. The lowest BCUT2D eigenvalue weighted by Gasteiger charge is -2.15. The second-order valence-electron chi connectivity index (χ2n) is 5.56. The van der Waals surface area contributed by atoms with E-state index in [-0.39, 0.29) is 11.8 Å². The average Bonchev–Trinajstić information content (AvgIpc) is 2.83. The number of hydrogen-bond acceptors (Lipinski definition) is 4. The number of nitrogens with two attached hydrogens (primary N) is 1. The zero-order chi connectivity index (χ0) is 13.7. The van der Waals surface area contributed by atoms with Crippen molar-refractivity contribution in [1.29, 1.82) is 0 Å². The number of nitrogens with zero attached hydrogens (tertiary/aromatic N) is 1. The van der Waals surface area contributed by atoms with Crippen LogP contribution in [0.25, 0.3) is 0 Å². The second-order valence-corrected chi connectivity index (χ2v) is 5.56. The summed E-state index contributed by atoms with van der Waals surface area (Å²) in [4.78, 5) is 13.7. The maximum Gasteiger partial charge on any atom is 0.256 e. The summed E-state index contributed by atoms with van der Waals surface area (Å²) >= 11 is 0. The first-order valence-electron chi connectivity index (χ1n) is 6.52. The van der Waals surface area contributed by atoms with Crippen molar-refractivity contribution in [3.8, 4) is 0 Å². The predicted octanol–water partition coefficient (Wildman–Crippen LogP) is 0.454. The summed E-state index contributed by atoms with van der Waals surface area (Å²) in [6.07, 6.45) is -0.272. The maximum absolute atomic E-state index is 12.1. The molecule has 1 aliphatic carbocycles. The zero-order valence-corrected chi connectivity index (χ0v) is 10.8. The van der Waals surface area contributed by atoms with E-state index >= 15 is 0 Å². The minimum Gasteiger partial charge on any atom is -0.398 e. The van der Waals surface area contributed by atoms with Crippen molar-refractivity contribution in [2.24, 2.45) is 0 Å². The van der Waals surface area contributed by atoms with Crippen LogP contribution in [0.2, 0.25) is 0 Å². The van der Waals surface area contributed by atoms with Crippen molar-refractivity contribution in [2.75, 3.05) is 12.8 Å². The number of anilines is 1. The first-order valence-corrected chi connectivity index (χ1v) is 6.52. The van der Waals surface area contributed by atoms with Crippen LogP contribution in [0.5, 0.6) is 0 Å². The first kappa shape index (κ1) is 12.4. The van der Waals surface area contributed by atoms with Gasteiger partial charge in [-0.15, -0.1) is 0 Å². The van der Waals surface area contributed by atoms with Crippen LogP contribution in [0.15, 0.2) is 12.1 Å². The van der Waals surface area contributed by atoms with E-state index in [0.717, 1.165) is 11.1 Å². The molecule has 5 heteroatoms. The average molecular weight is 262 g/mol. The third kappa shape index (κ3) is 1.81. The number of hydrogen-bond donors (Lipinski definition) is 3. The Kier molecular flexibility index (Phi) is 2.76. The summed E-state index contributed by atoms with van der Waals surface area (Å²) < 4.78 is 0. The molecular weight excluding hydrogens is 244 g/mol. The number of amides is 1. The van der Waals surface area contributed by atoms with Gasteiger partial charge in [-0.2, -0.15) is 0 Å². The van der Waals surface area contributed by atoms with Crippen molar-refractivity contribution < 1.29 is 15.0 Å². The van der Waals surface area contributed by atoms with Crippen LogP contribution in [-0.2, 0) is 6.54 Å². The molecule has 0 spiro atoms. The Morgan fingerprint density at radius 1 is 1.26 bits per heavy atom. The molecule has 0 bridgehead atoms. The summed E-state index contributed by atoms with van der Waals surface area (Å²) in [5.74, 6) is 0.0482. The number of fused-ring (bicyclic) bond motifs is 1. The Bertz CT molecular complexity index is 534. The third-order valence-electron chi connectivity index (χ3n) is 4.27. The van der Waals surface area contributed by atoms with Gasteiger partial charge in [0.15, 0.2) is 0 Å². The number of nitrogen functional groups attached to an aromatic ring is 1. The van der Waals surface area contributed by atoms with E-state index in [9.17, 15) is 15.0 Å². The second kappa shape index (κ2) is 4.21. The molecule has 1 amide bonds. The Labute approximate surface area is 111 Å². The van der Waals surface area contributed by atoms with Gasteiger partial charge < -0.3 is 20.8 Å². The Morgan fingerprint density at radius 2 is 1.89 bits per heavy atom. The standard InChI is InChI=1S/C14H18N2O3/c1-16-6-9-8(7-4-11(17)12(18)5-7)2-3-10(15)13(9)14(16)19/h2-3,7,11-12,17-18H,4-6,15H2,1H3. The molecule has 0 saturated heterocycles. The van der Waals surface area contributed by atoms with E-state index in [1.165, 1.54) is 0 Å². The van der Waals surface area contributed by atoms with E-state index in [4.69, 9.17) is 5.73 Å². The summed E-state index contributed by atoms with van der Waals surface area (Å²) in [5, 5.41) is 19.4. The van der Waals surface area contributed by atoms with Crippen molar-refractivity contribution in [3.63, 3.8) is 0 Å². The molecule has 1 saturated carbocycles. The molecule has 1 aliphatic heterocycles. The minimum absolute atomic E-state index is 0.0477. The van der Waals surface area contributed by atoms with E-state index in [1.807, 2.05) is 6.07 Å². The van der Waals surface area contributed by atoms with Crippen LogP contribution in [0.1, 0.15) is 40.2 Å². The van der Waals surface area contributed by atoms with Gasteiger partial charge in [-0.3, -0.25) is 4.79 Å². The van der Waals surface area contributed by atoms with Crippen molar-refractivity contribution in [2.45, 2.75) is 37.5 Å². The van der Waals surface area contributed by atoms with Gasteiger partial charge in [0.1, 0.15) is 0 Å². The van der Waals surface area contributed by atoms with E-state index in [0.29, 0.717) is 30.6 Å². The molecule has 1 aromatic carbocycles. The van der Waals surface area contributed by atoms with Crippen molar-refractivity contribution in [3.05, 3.63) is 28.8 Å². The number of benzene rings is 1. The Hall–Kier alpha value is -1.59. The van der Waals surface area contributed by atoms with Crippen LogP contribution in [0.4, 0.5) is 5.69 Å². The molecule has 3 rings (SSSR count). The fourth-order valence-electron chi connectivity index (χ4n) is 3.23. The Morgan fingerprint density at radius 3 is 2.53 bits per heavy atom. The van der Waals surface area contributed by atoms with Gasteiger partial charge in [0.2, 0.25) is 0 Å². The van der Waals surface area contributed by atoms with Gasteiger partial charge >= 0.3 is 0 Å². The fraction of sp³-hybridized carbons (Fsp3) is 0.500. The van der Waals surface area contributed by atoms with Gasteiger partial charge in [-0.05, 0) is 36.0 Å².